The van der Waals surface area contributed by atoms with E-state index in [1.807, 2.05) is 37.3 Å². The maximum absolute atomic E-state index is 12.2. The van der Waals surface area contributed by atoms with Crippen LogP contribution in [0.1, 0.15) is 35.5 Å². The first kappa shape index (κ1) is 22.3. The van der Waals surface area contributed by atoms with E-state index in [2.05, 4.69) is 31.8 Å². The molecule has 0 aliphatic carbocycles. The second kappa shape index (κ2) is 10.6. The third-order valence-electron chi connectivity index (χ3n) is 4.28. The minimum Gasteiger partial charge on any atom is -0.494 e. The summed E-state index contributed by atoms with van der Waals surface area (Å²) in [5.74, 6) is 0.383. The summed E-state index contributed by atoms with van der Waals surface area (Å²) in [6.45, 7) is 4.30. The Kier molecular flexibility index (Phi) is 7.61. The fraction of sp³-hybridized carbons (Fsp3) is 0.174. The summed E-state index contributed by atoms with van der Waals surface area (Å²) < 4.78 is 11.1. The number of furan rings is 1. The van der Waals surface area contributed by atoms with E-state index in [9.17, 15) is 9.59 Å². The van der Waals surface area contributed by atoms with Gasteiger partial charge in [0.2, 0.25) is 5.91 Å². The Morgan fingerprint density at radius 3 is 2.55 bits per heavy atom. The van der Waals surface area contributed by atoms with E-state index in [1.54, 1.807) is 37.3 Å². The zero-order valence-electron chi connectivity index (χ0n) is 17.1. The maximum Gasteiger partial charge on any atom is 0.291 e. The molecule has 2 N–H and O–H groups in total. The van der Waals surface area contributed by atoms with Crippen LogP contribution in [0.25, 0.3) is 0 Å². The molecule has 0 saturated carbocycles. The van der Waals surface area contributed by atoms with Crippen LogP contribution in [0.2, 0.25) is 0 Å². The number of hydrazone groups is 1. The number of hydrogen-bond donors (Lipinski definition) is 2. The molecule has 0 bridgehead atoms. The van der Waals surface area contributed by atoms with Crippen molar-refractivity contribution in [1.82, 2.24) is 5.43 Å². The van der Waals surface area contributed by atoms with Crippen molar-refractivity contribution in [3.05, 3.63) is 82.2 Å². The predicted molar refractivity (Wildman–Crippen MR) is 122 cm³/mol. The van der Waals surface area contributed by atoms with Gasteiger partial charge in [0.15, 0.2) is 10.4 Å². The Morgan fingerprint density at radius 2 is 1.87 bits per heavy atom. The highest BCUT2D eigenvalue weighted by Gasteiger charge is 2.11. The maximum atomic E-state index is 12.2. The predicted octanol–water partition coefficient (Wildman–Crippen LogP) is 4.78. The number of nitrogens with one attached hydrogen (secondary N) is 2. The number of carbonyl (C=O) groups excluding carboxylic acids is 2. The number of halogens is 1. The second-order valence-electron chi connectivity index (χ2n) is 6.62. The van der Waals surface area contributed by atoms with Gasteiger partial charge in [-0.3, -0.25) is 9.59 Å². The summed E-state index contributed by atoms with van der Waals surface area (Å²) in [6.07, 6.45) is 0.206. The zero-order valence-corrected chi connectivity index (χ0v) is 18.7. The number of ether oxygens (including phenoxy) is 1. The monoisotopic (exact) mass is 483 g/mol. The third kappa shape index (κ3) is 6.55. The van der Waals surface area contributed by atoms with Gasteiger partial charge in [-0.25, -0.2) is 5.43 Å². The minimum absolute atomic E-state index is 0.198. The smallest absolute Gasteiger partial charge is 0.291 e. The zero-order chi connectivity index (χ0) is 22.2. The average Bonchev–Trinajstić information content (AvgIpc) is 3.20. The second-order valence-corrected chi connectivity index (χ2v) is 7.41. The van der Waals surface area contributed by atoms with E-state index in [0.29, 0.717) is 22.7 Å². The highest BCUT2D eigenvalue weighted by molar-refractivity contribution is 9.10. The molecule has 31 heavy (non-hydrogen) atoms. The summed E-state index contributed by atoms with van der Waals surface area (Å²) >= 11 is 3.17. The van der Waals surface area contributed by atoms with E-state index in [-0.39, 0.29) is 24.0 Å². The third-order valence-corrected chi connectivity index (χ3v) is 4.71. The molecule has 2 aromatic carbocycles. The molecule has 0 saturated heterocycles. The van der Waals surface area contributed by atoms with Crippen LogP contribution in [0.4, 0.5) is 5.69 Å². The summed E-state index contributed by atoms with van der Waals surface area (Å²) in [5.41, 5.74) is 5.39. The van der Waals surface area contributed by atoms with E-state index < -0.39 is 0 Å². The van der Waals surface area contributed by atoms with Gasteiger partial charge in [0.25, 0.3) is 5.91 Å². The lowest BCUT2D eigenvalue weighted by atomic mass is 10.1. The molecule has 0 fully saturated rings. The quantitative estimate of drug-likeness (QED) is 0.356. The van der Waals surface area contributed by atoms with Crippen LogP contribution >= 0.6 is 15.9 Å². The lowest BCUT2D eigenvalue weighted by molar-refractivity contribution is -0.120. The van der Waals surface area contributed by atoms with Crippen molar-refractivity contribution >= 4 is 39.1 Å². The number of nitrogens with zero attached hydrogens (tertiary/aromatic N) is 1. The van der Waals surface area contributed by atoms with Crippen molar-refractivity contribution in [1.29, 1.82) is 0 Å². The summed E-state index contributed by atoms with van der Waals surface area (Å²) in [7, 11) is 0. The van der Waals surface area contributed by atoms with Crippen LogP contribution in [0, 0.1) is 0 Å². The molecular formula is C23H22BrN3O4. The molecule has 7 nitrogen and oxygen atoms in total. The van der Waals surface area contributed by atoms with Crippen molar-refractivity contribution in [2.75, 3.05) is 11.9 Å². The lowest BCUT2D eigenvalue weighted by Gasteiger charge is -2.07. The van der Waals surface area contributed by atoms with E-state index in [1.165, 1.54) is 0 Å². The van der Waals surface area contributed by atoms with Gasteiger partial charge in [-0.05, 0) is 77.3 Å². The minimum atomic E-state index is -0.360. The number of carbonyl (C=O) groups is 2. The molecule has 0 unspecified atom stereocenters. The number of rotatable bonds is 8. The molecule has 0 aliphatic heterocycles. The Hall–Kier alpha value is -3.39. The van der Waals surface area contributed by atoms with Crippen LogP contribution in [0.5, 0.6) is 5.75 Å². The molecule has 0 spiro atoms. The van der Waals surface area contributed by atoms with Gasteiger partial charge in [0.05, 0.1) is 18.7 Å². The first-order chi connectivity index (χ1) is 14.9. The highest BCUT2D eigenvalue weighted by atomic mass is 79.9. The molecule has 1 heterocycles. The molecule has 0 aliphatic rings. The topological polar surface area (TPSA) is 92.9 Å². The van der Waals surface area contributed by atoms with Gasteiger partial charge in [0.1, 0.15) is 5.75 Å². The van der Waals surface area contributed by atoms with Crippen LogP contribution in [0.15, 0.2) is 74.9 Å². The van der Waals surface area contributed by atoms with Gasteiger partial charge in [0, 0.05) is 5.69 Å². The number of benzene rings is 2. The van der Waals surface area contributed by atoms with Crippen LogP contribution in [0.3, 0.4) is 0 Å². The van der Waals surface area contributed by atoms with Crippen LogP contribution in [-0.2, 0) is 11.2 Å². The van der Waals surface area contributed by atoms with Crippen molar-refractivity contribution < 1.29 is 18.7 Å². The van der Waals surface area contributed by atoms with Crippen molar-refractivity contribution in [3.8, 4) is 5.75 Å². The van der Waals surface area contributed by atoms with Gasteiger partial charge >= 0.3 is 0 Å². The molecular weight excluding hydrogens is 462 g/mol. The van der Waals surface area contributed by atoms with Crippen LogP contribution in [-0.4, -0.2) is 24.1 Å². The van der Waals surface area contributed by atoms with E-state index >= 15 is 0 Å². The molecule has 2 amide bonds. The molecule has 1 aromatic heterocycles. The number of anilines is 1. The first-order valence-electron chi connectivity index (χ1n) is 9.66. The number of hydrogen-bond acceptors (Lipinski definition) is 5. The largest absolute Gasteiger partial charge is 0.494 e. The Bertz CT molecular complexity index is 1090. The summed E-state index contributed by atoms with van der Waals surface area (Å²) in [4.78, 5) is 24.4. The van der Waals surface area contributed by atoms with Crippen molar-refractivity contribution in [2.24, 2.45) is 5.10 Å². The molecule has 3 aromatic rings. The van der Waals surface area contributed by atoms with Gasteiger partial charge in [-0.15, -0.1) is 0 Å². The Morgan fingerprint density at radius 1 is 1.10 bits per heavy atom. The van der Waals surface area contributed by atoms with Gasteiger partial charge in [-0.2, -0.15) is 5.10 Å². The molecule has 3 rings (SSSR count). The fourth-order valence-electron chi connectivity index (χ4n) is 2.76. The van der Waals surface area contributed by atoms with Crippen LogP contribution < -0.4 is 15.5 Å². The highest BCUT2D eigenvalue weighted by Crippen LogP contribution is 2.17. The fourth-order valence-corrected chi connectivity index (χ4v) is 3.06. The standard InChI is InChI=1S/C23H22BrN3O4/c1-3-30-19-9-7-16(8-10-19)13-22(28)27-26-15(2)17-5-4-6-18(14-17)25-23(29)20-11-12-21(24)31-20/h4-12,14H,3,13H2,1-2H3,(H,25,29)(H,27,28). The number of amides is 2. The van der Waals surface area contributed by atoms with Gasteiger partial charge in [-0.1, -0.05) is 24.3 Å². The average molecular weight is 484 g/mol. The first-order valence-corrected chi connectivity index (χ1v) is 10.5. The molecule has 8 heteroatoms. The Labute approximate surface area is 188 Å². The van der Waals surface area contributed by atoms with E-state index in [0.717, 1.165) is 16.9 Å². The normalized spacial score (nSPS) is 11.1. The lowest BCUT2D eigenvalue weighted by Crippen LogP contribution is -2.21. The summed E-state index contributed by atoms with van der Waals surface area (Å²) in [6, 6.07) is 17.8. The summed E-state index contributed by atoms with van der Waals surface area (Å²) in [5, 5.41) is 6.95. The SMILES string of the molecule is CCOc1ccc(CC(=O)NN=C(C)c2cccc(NC(=O)c3ccc(Br)o3)c2)cc1. The van der Waals surface area contributed by atoms with Gasteiger partial charge < -0.3 is 14.5 Å². The van der Waals surface area contributed by atoms with Crippen molar-refractivity contribution in [2.45, 2.75) is 20.3 Å². The van der Waals surface area contributed by atoms with E-state index in [4.69, 9.17) is 9.15 Å². The Balaban J connectivity index is 1.58. The molecule has 160 valence electrons. The van der Waals surface area contributed by atoms with Crippen molar-refractivity contribution in [3.63, 3.8) is 0 Å². The molecule has 0 radical (unpaired) electrons. The molecule has 0 atom stereocenters.